The zero-order valence-electron chi connectivity index (χ0n) is 13.1. The molecule has 1 aliphatic heterocycles. The van der Waals surface area contributed by atoms with Crippen LogP contribution in [-0.2, 0) is 14.3 Å². The second-order valence-electron chi connectivity index (χ2n) is 7.24. The van der Waals surface area contributed by atoms with E-state index in [0.717, 1.165) is 12.8 Å². The highest BCUT2D eigenvalue weighted by molar-refractivity contribution is 5.76. The van der Waals surface area contributed by atoms with Crippen molar-refractivity contribution in [3.8, 4) is 0 Å². The van der Waals surface area contributed by atoms with Crippen LogP contribution in [0, 0.1) is 11.3 Å². The predicted octanol–water partition coefficient (Wildman–Crippen LogP) is 2.29. The molecule has 0 aromatic carbocycles. The number of carboxylic acids is 1. The van der Waals surface area contributed by atoms with Crippen LogP contribution in [0.4, 0.5) is 0 Å². The molecule has 0 aromatic heterocycles. The van der Waals surface area contributed by atoms with E-state index in [1.54, 1.807) is 4.90 Å². The van der Waals surface area contributed by atoms with Crippen LogP contribution in [0.2, 0.25) is 0 Å². The van der Waals surface area contributed by atoms with E-state index in [2.05, 4.69) is 13.8 Å². The van der Waals surface area contributed by atoms with Crippen LogP contribution >= 0.6 is 0 Å². The number of hydrogen-bond donors (Lipinski definition) is 1. The number of nitrogens with zero attached hydrogens (tertiary/aromatic N) is 1. The van der Waals surface area contributed by atoms with E-state index >= 15 is 0 Å². The minimum absolute atomic E-state index is 0.0264. The molecule has 21 heavy (non-hydrogen) atoms. The van der Waals surface area contributed by atoms with Crippen LogP contribution in [0.25, 0.3) is 0 Å². The van der Waals surface area contributed by atoms with Crippen molar-refractivity contribution in [2.75, 3.05) is 19.7 Å². The maximum Gasteiger partial charge on any atom is 0.306 e. The normalized spacial score (nSPS) is 26.6. The summed E-state index contributed by atoms with van der Waals surface area (Å²) >= 11 is 0. The number of carboxylic acid groups (broad SMARTS) is 1. The molecule has 0 aromatic rings. The van der Waals surface area contributed by atoms with Crippen molar-refractivity contribution in [1.29, 1.82) is 0 Å². The van der Waals surface area contributed by atoms with Crippen molar-refractivity contribution in [3.05, 3.63) is 0 Å². The van der Waals surface area contributed by atoms with E-state index in [0.29, 0.717) is 37.5 Å². The number of carbonyl (C=O) groups excluding carboxylic acids is 1. The van der Waals surface area contributed by atoms with Gasteiger partial charge in [0.1, 0.15) is 0 Å². The number of ether oxygens (including phenoxy) is 1. The summed E-state index contributed by atoms with van der Waals surface area (Å²) in [4.78, 5) is 24.9. The third-order valence-corrected chi connectivity index (χ3v) is 4.82. The first-order chi connectivity index (χ1) is 9.85. The lowest BCUT2D eigenvalue weighted by Gasteiger charge is -2.36. The molecule has 1 aliphatic carbocycles. The average molecular weight is 297 g/mol. The Kier molecular flexibility index (Phi) is 5.25. The second kappa shape index (κ2) is 6.77. The summed E-state index contributed by atoms with van der Waals surface area (Å²) in [7, 11) is 0. The maximum atomic E-state index is 12.4. The van der Waals surface area contributed by atoms with Crippen molar-refractivity contribution < 1.29 is 19.4 Å². The second-order valence-corrected chi connectivity index (χ2v) is 7.24. The largest absolute Gasteiger partial charge is 0.481 e. The summed E-state index contributed by atoms with van der Waals surface area (Å²) < 4.78 is 5.41. The van der Waals surface area contributed by atoms with Gasteiger partial charge in [-0.3, -0.25) is 9.59 Å². The lowest BCUT2D eigenvalue weighted by atomic mass is 9.72. The molecule has 2 rings (SSSR count). The third kappa shape index (κ3) is 4.99. The topological polar surface area (TPSA) is 66.8 Å². The van der Waals surface area contributed by atoms with Crippen molar-refractivity contribution in [2.24, 2.45) is 11.3 Å². The lowest BCUT2D eigenvalue weighted by Crippen LogP contribution is -2.46. The summed E-state index contributed by atoms with van der Waals surface area (Å²) in [5.41, 5.74) is 0.422. The highest BCUT2D eigenvalue weighted by Gasteiger charge is 2.31. The quantitative estimate of drug-likeness (QED) is 0.864. The van der Waals surface area contributed by atoms with E-state index in [9.17, 15) is 9.59 Å². The standard InChI is InChI=1S/C16H27NO4/c1-16(2)5-3-12(4-6-16)9-14(18)17-7-8-21-13(11-17)10-15(19)20/h12-13H,3-11H2,1-2H3,(H,19,20). The van der Waals surface area contributed by atoms with Gasteiger partial charge in [-0.1, -0.05) is 13.8 Å². The van der Waals surface area contributed by atoms with E-state index in [4.69, 9.17) is 9.84 Å². The molecule has 2 aliphatic rings. The van der Waals surface area contributed by atoms with Crippen LogP contribution in [-0.4, -0.2) is 47.7 Å². The van der Waals surface area contributed by atoms with E-state index < -0.39 is 5.97 Å². The fourth-order valence-electron chi connectivity index (χ4n) is 3.30. The van der Waals surface area contributed by atoms with Gasteiger partial charge in [-0.2, -0.15) is 0 Å². The summed E-state index contributed by atoms with van der Waals surface area (Å²) in [5.74, 6) is -0.214. The molecule has 5 heteroatoms. The number of amides is 1. The molecule has 1 amide bonds. The Morgan fingerprint density at radius 3 is 2.52 bits per heavy atom. The van der Waals surface area contributed by atoms with Gasteiger partial charge < -0.3 is 14.7 Å². The zero-order chi connectivity index (χ0) is 15.5. The molecule has 1 atom stereocenters. The highest BCUT2D eigenvalue weighted by Crippen LogP contribution is 2.39. The first kappa shape index (κ1) is 16.3. The summed E-state index contributed by atoms with van der Waals surface area (Å²) in [6.07, 6.45) is 4.86. The number of hydrogen-bond acceptors (Lipinski definition) is 3. The molecule has 1 N–H and O–H groups in total. The summed E-state index contributed by atoms with van der Waals surface area (Å²) in [6.45, 7) is 6.05. The predicted molar refractivity (Wildman–Crippen MR) is 78.9 cm³/mol. The fraction of sp³-hybridized carbons (Fsp3) is 0.875. The van der Waals surface area contributed by atoms with Crippen molar-refractivity contribution in [1.82, 2.24) is 4.90 Å². The van der Waals surface area contributed by atoms with Crippen molar-refractivity contribution >= 4 is 11.9 Å². The first-order valence-electron chi connectivity index (χ1n) is 7.97. The molecule has 0 bridgehead atoms. The fourth-order valence-corrected chi connectivity index (χ4v) is 3.30. The van der Waals surface area contributed by atoms with Gasteiger partial charge in [-0.05, 0) is 37.0 Å². The van der Waals surface area contributed by atoms with E-state index in [-0.39, 0.29) is 18.4 Å². The van der Waals surface area contributed by atoms with Crippen LogP contribution < -0.4 is 0 Å². The summed E-state index contributed by atoms with van der Waals surface area (Å²) in [6, 6.07) is 0. The zero-order valence-corrected chi connectivity index (χ0v) is 13.1. The molecule has 1 unspecified atom stereocenters. The van der Waals surface area contributed by atoms with Crippen LogP contribution in [0.1, 0.15) is 52.4 Å². The lowest BCUT2D eigenvalue weighted by molar-refractivity contribution is -0.148. The Hall–Kier alpha value is -1.10. The van der Waals surface area contributed by atoms with Crippen LogP contribution in [0.3, 0.4) is 0 Å². The molecule has 1 saturated carbocycles. The van der Waals surface area contributed by atoms with Gasteiger partial charge >= 0.3 is 5.97 Å². The highest BCUT2D eigenvalue weighted by atomic mass is 16.5. The number of carbonyl (C=O) groups is 2. The molecule has 120 valence electrons. The molecular formula is C16H27NO4. The van der Waals surface area contributed by atoms with Gasteiger partial charge in [0.25, 0.3) is 0 Å². The number of morpholine rings is 1. The van der Waals surface area contributed by atoms with Gasteiger partial charge in [0.2, 0.25) is 5.91 Å². The Bertz CT molecular complexity index is 384. The minimum Gasteiger partial charge on any atom is -0.481 e. The van der Waals surface area contributed by atoms with Gasteiger partial charge in [-0.25, -0.2) is 0 Å². The molecule has 0 radical (unpaired) electrons. The molecule has 5 nitrogen and oxygen atoms in total. The summed E-state index contributed by atoms with van der Waals surface area (Å²) in [5, 5.41) is 8.82. The number of aliphatic carboxylic acids is 1. The first-order valence-corrected chi connectivity index (χ1v) is 7.97. The van der Waals surface area contributed by atoms with Crippen molar-refractivity contribution in [2.45, 2.75) is 58.5 Å². The van der Waals surface area contributed by atoms with E-state index in [1.807, 2.05) is 0 Å². The SMILES string of the molecule is CC1(C)CCC(CC(=O)N2CCOC(CC(=O)O)C2)CC1. The smallest absolute Gasteiger partial charge is 0.306 e. The Balaban J connectivity index is 1.79. The molecule has 2 fully saturated rings. The third-order valence-electron chi connectivity index (χ3n) is 4.82. The van der Waals surface area contributed by atoms with E-state index in [1.165, 1.54) is 12.8 Å². The van der Waals surface area contributed by atoms with Crippen LogP contribution in [0.15, 0.2) is 0 Å². The van der Waals surface area contributed by atoms with Gasteiger partial charge in [0, 0.05) is 19.5 Å². The Labute approximate surface area is 126 Å². The van der Waals surface area contributed by atoms with Gasteiger partial charge in [0.05, 0.1) is 19.1 Å². The Morgan fingerprint density at radius 2 is 1.90 bits per heavy atom. The van der Waals surface area contributed by atoms with Crippen molar-refractivity contribution in [3.63, 3.8) is 0 Å². The molecular weight excluding hydrogens is 270 g/mol. The average Bonchev–Trinajstić information content (AvgIpc) is 2.41. The Morgan fingerprint density at radius 1 is 1.24 bits per heavy atom. The molecule has 0 spiro atoms. The van der Waals surface area contributed by atoms with Crippen LogP contribution in [0.5, 0.6) is 0 Å². The monoisotopic (exact) mass is 297 g/mol. The van der Waals surface area contributed by atoms with Gasteiger partial charge in [-0.15, -0.1) is 0 Å². The van der Waals surface area contributed by atoms with Gasteiger partial charge in [0.15, 0.2) is 0 Å². The maximum absolute atomic E-state index is 12.4. The molecule has 1 saturated heterocycles. The minimum atomic E-state index is -0.871. The molecule has 1 heterocycles. The number of rotatable bonds is 4.